The van der Waals surface area contributed by atoms with Gasteiger partial charge in [0.15, 0.2) is 0 Å². The van der Waals surface area contributed by atoms with Crippen molar-refractivity contribution in [2.45, 2.75) is 31.8 Å². The quantitative estimate of drug-likeness (QED) is 0.651. The van der Waals surface area contributed by atoms with Crippen molar-refractivity contribution in [3.63, 3.8) is 0 Å². The average molecular weight is 462 g/mol. The summed E-state index contributed by atoms with van der Waals surface area (Å²) in [5.74, 6) is -1.24. The Kier molecular flexibility index (Phi) is 7.30. The molecule has 172 valence electrons. The summed E-state index contributed by atoms with van der Waals surface area (Å²) in [5.41, 5.74) is 0.452. The highest BCUT2D eigenvalue weighted by atomic mass is 32.2. The van der Waals surface area contributed by atoms with Gasteiger partial charge in [-0.3, -0.25) is 9.59 Å². The fraction of sp³-hybridized carbons (Fsp3) is 0.391. The molecule has 1 fully saturated rings. The Morgan fingerprint density at radius 1 is 1.09 bits per heavy atom. The second-order valence-corrected chi connectivity index (χ2v) is 10.2. The summed E-state index contributed by atoms with van der Waals surface area (Å²) in [6, 6.07) is 15.5. The maximum Gasteiger partial charge on any atom is 0.247 e. The zero-order valence-corrected chi connectivity index (χ0v) is 19.1. The number of nitrogens with zero attached hydrogens (tertiary/aromatic N) is 2. The number of hydrogen-bond acceptors (Lipinski definition) is 4. The second kappa shape index (κ2) is 9.79. The van der Waals surface area contributed by atoms with Crippen LogP contribution in [0, 0.1) is 5.82 Å². The maximum atomic E-state index is 13.2. The first-order valence-corrected chi connectivity index (χ1v) is 12.3. The van der Waals surface area contributed by atoms with E-state index >= 15 is 0 Å². The molecule has 1 atom stereocenters. The Bertz CT molecular complexity index is 1060. The number of carbonyl (C=O) groups excluding carboxylic acids is 2. The Labute approximate surface area is 188 Å². The van der Waals surface area contributed by atoms with E-state index in [1.165, 1.54) is 17.0 Å². The van der Waals surface area contributed by atoms with Gasteiger partial charge in [-0.05, 0) is 43.0 Å². The van der Waals surface area contributed by atoms with E-state index in [9.17, 15) is 22.4 Å². The minimum Gasteiger partial charge on any atom is -0.350 e. The second-order valence-electron chi connectivity index (χ2n) is 8.25. The molecular formula is C23H28FN3O4S. The lowest BCUT2D eigenvalue weighted by Crippen LogP contribution is -2.69. The van der Waals surface area contributed by atoms with E-state index < -0.39 is 27.4 Å². The Balaban J connectivity index is 1.76. The van der Waals surface area contributed by atoms with Crippen molar-refractivity contribution in [2.24, 2.45) is 0 Å². The Morgan fingerprint density at radius 2 is 1.75 bits per heavy atom. The summed E-state index contributed by atoms with van der Waals surface area (Å²) >= 11 is 0. The van der Waals surface area contributed by atoms with Crippen LogP contribution in [0.3, 0.4) is 0 Å². The maximum absolute atomic E-state index is 13.2. The van der Waals surface area contributed by atoms with Gasteiger partial charge in [0, 0.05) is 19.6 Å². The van der Waals surface area contributed by atoms with E-state index in [4.69, 9.17) is 0 Å². The first kappa shape index (κ1) is 23.9. The van der Waals surface area contributed by atoms with Gasteiger partial charge in [-0.1, -0.05) is 42.5 Å². The van der Waals surface area contributed by atoms with Gasteiger partial charge >= 0.3 is 0 Å². The molecule has 0 spiro atoms. The molecule has 3 rings (SSSR count). The van der Waals surface area contributed by atoms with Crippen LogP contribution in [-0.4, -0.2) is 60.9 Å². The van der Waals surface area contributed by atoms with Gasteiger partial charge < -0.3 is 10.2 Å². The summed E-state index contributed by atoms with van der Waals surface area (Å²) in [6.45, 7) is 1.64. The molecule has 2 aromatic rings. The van der Waals surface area contributed by atoms with Crippen LogP contribution in [0.4, 0.5) is 4.39 Å². The van der Waals surface area contributed by atoms with Gasteiger partial charge in [-0.25, -0.2) is 12.8 Å². The first-order chi connectivity index (χ1) is 15.1. The molecule has 1 unspecified atom stereocenters. The third-order valence-electron chi connectivity index (χ3n) is 5.71. The summed E-state index contributed by atoms with van der Waals surface area (Å²) in [5, 5.41) is 2.78. The molecule has 32 heavy (non-hydrogen) atoms. The largest absolute Gasteiger partial charge is 0.350 e. The average Bonchev–Trinajstić information content (AvgIpc) is 2.75. The van der Waals surface area contributed by atoms with Crippen LogP contribution < -0.4 is 5.32 Å². The number of rotatable bonds is 8. The molecule has 2 amide bonds. The zero-order chi connectivity index (χ0) is 23.4. The first-order valence-electron chi connectivity index (χ1n) is 10.4. The lowest BCUT2D eigenvalue weighted by molar-refractivity contribution is -0.152. The highest BCUT2D eigenvalue weighted by Crippen LogP contribution is 2.25. The lowest BCUT2D eigenvalue weighted by atomic mass is 9.94. The van der Waals surface area contributed by atoms with E-state index in [1.807, 2.05) is 30.3 Å². The number of amides is 2. The third-order valence-corrected chi connectivity index (χ3v) is 6.90. The Morgan fingerprint density at radius 3 is 2.38 bits per heavy atom. The smallest absolute Gasteiger partial charge is 0.247 e. The molecule has 0 aromatic heterocycles. The minimum absolute atomic E-state index is 0.127. The molecule has 7 nitrogen and oxygen atoms in total. The van der Waals surface area contributed by atoms with Crippen molar-refractivity contribution >= 4 is 21.8 Å². The number of halogens is 1. The van der Waals surface area contributed by atoms with Crippen LogP contribution in [0.2, 0.25) is 0 Å². The number of sulfonamides is 1. The third kappa shape index (κ3) is 5.72. The molecule has 1 saturated heterocycles. The van der Waals surface area contributed by atoms with E-state index in [1.54, 1.807) is 19.1 Å². The lowest BCUT2D eigenvalue weighted by Gasteiger charge is -2.46. The molecule has 1 aliphatic heterocycles. The van der Waals surface area contributed by atoms with Crippen molar-refractivity contribution in [1.29, 1.82) is 0 Å². The van der Waals surface area contributed by atoms with Gasteiger partial charge in [0.2, 0.25) is 21.8 Å². The van der Waals surface area contributed by atoms with E-state index in [-0.39, 0.29) is 25.5 Å². The van der Waals surface area contributed by atoms with Crippen LogP contribution in [0.1, 0.15) is 24.5 Å². The fourth-order valence-electron chi connectivity index (χ4n) is 3.86. The van der Waals surface area contributed by atoms with Crippen LogP contribution in [0.25, 0.3) is 0 Å². The van der Waals surface area contributed by atoms with Crippen molar-refractivity contribution in [1.82, 2.24) is 14.5 Å². The van der Waals surface area contributed by atoms with Crippen molar-refractivity contribution in [3.05, 3.63) is 71.5 Å². The number of aryl methyl sites for hydroxylation is 1. The molecule has 1 aliphatic rings. The van der Waals surface area contributed by atoms with Gasteiger partial charge in [-0.2, -0.15) is 4.31 Å². The van der Waals surface area contributed by atoms with E-state index in [2.05, 4.69) is 5.32 Å². The zero-order valence-electron chi connectivity index (χ0n) is 18.3. The van der Waals surface area contributed by atoms with Gasteiger partial charge in [0.1, 0.15) is 11.4 Å². The van der Waals surface area contributed by atoms with Crippen LogP contribution in [0.5, 0.6) is 0 Å². The van der Waals surface area contributed by atoms with Crippen molar-refractivity contribution in [3.8, 4) is 0 Å². The van der Waals surface area contributed by atoms with Gasteiger partial charge in [0.05, 0.1) is 12.8 Å². The molecule has 9 heteroatoms. The van der Waals surface area contributed by atoms with Crippen molar-refractivity contribution in [2.75, 3.05) is 25.9 Å². The molecule has 2 aromatic carbocycles. The van der Waals surface area contributed by atoms with Crippen LogP contribution in [0.15, 0.2) is 54.6 Å². The monoisotopic (exact) mass is 461 g/mol. The molecule has 0 bridgehead atoms. The summed E-state index contributed by atoms with van der Waals surface area (Å²) in [4.78, 5) is 27.6. The summed E-state index contributed by atoms with van der Waals surface area (Å²) < 4.78 is 38.5. The summed E-state index contributed by atoms with van der Waals surface area (Å²) in [7, 11) is -3.66. The van der Waals surface area contributed by atoms with E-state index in [0.29, 0.717) is 18.5 Å². The molecular weight excluding hydrogens is 433 g/mol. The fourth-order valence-corrected chi connectivity index (χ4v) is 4.69. The standard InChI is InChI=1S/C23H28FN3O4S/c1-23(22(29)25-15-19-10-12-20(24)13-11-19)17-26(32(2,30)31)16-21(28)27(23)14-6-9-18-7-4-3-5-8-18/h3-5,7-8,10-13H,6,9,14-17H2,1-2H3,(H,25,29). The highest BCUT2D eigenvalue weighted by molar-refractivity contribution is 7.88. The summed E-state index contributed by atoms with van der Waals surface area (Å²) in [6.07, 6.45) is 2.39. The number of piperazine rings is 1. The molecule has 0 saturated carbocycles. The molecule has 1 heterocycles. The molecule has 0 radical (unpaired) electrons. The van der Waals surface area contributed by atoms with Gasteiger partial charge in [0.25, 0.3) is 0 Å². The number of nitrogens with one attached hydrogen (secondary N) is 1. The SMILES string of the molecule is CC1(C(=O)NCc2ccc(F)cc2)CN(S(C)(=O)=O)CC(=O)N1CCCc1ccccc1. The minimum atomic E-state index is -3.66. The van der Waals surface area contributed by atoms with Crippen LogP contribution >= 0.6 is 0 Å². The number of carbonyl (C=O) groups is 2. The normalized spacial score (nSPS) is 19.7. The van der Waals surface area contributed by atoms with E-state index in [0.717, 1.165) is 22.5 Å². The van der Waals surface area contributed by atoms with Gasteiger partial charge in [-0.15, -0.1) is 0 Å². The topological polar surface area (TPSA) is 86.8 Å². The number of hydrogen-bond donors (Lipinski definition) is 1. The predicted molar refractivity (Wildman–Crippen MR) is 120 cm³/mol. The van der Waals surface area contributed by atoms with Crippen molar-refractivity contribution < 1.29 is 22.4 Å². The number of benzene rings is 2. The highest BCUT2D eigenvalue weighted by Gasteiger charge is 2.49. The molecule has 1 N–H and O–H groups in total. The molecule has 0 aliphatic carbocycles. The Hall–Kier alpha value is -2.78. The van der Waals surface area contributed by atoms with Crippen LogP contribution in [-0.2, 0) is 32.6 Å². The predicted octanol–water partition coefficient (Wildman–Crippen LogP) is 1.94.